The van der Waals surface area contributed by atoms with E-state index < -0.39 is 24.3 Å². The van der Waals surface area contributed by atoms with Crippen LogP contribution < -0.4 is 10.6 Å². The van der Waals surface area contributed by atoms with Gasteiger partial charge in [-0.3, -0.25) is 0 Å². The molecule has 1 amide bonds. The van der Waals surface area contributed by atoms with E-state index in [0.717, 1.165) is 11.1 Å². The molecule has 2 aromatic carbocycles. The number of nitrogens with one attached hydrogen (secondary N) is 2. The summed E-state index contributed by atoms with van der Waals surface area (Å²) in [7, 11) is 0. The van der Waals surface area contributed by atoms with Crippen LogP contribution in [0.2, 0.25) is 0 Å². The molecule has 0 bridgehead atoms. The van der Waals surface area contributed by atoms with Crippen molar-refractivity contribution in [3.8, 4) is 0 Å². The Balaban J connectivity index is 0.000000592. The van der Waals surface area contributed by atoms with Gasteiger partial charge in [-0.1, -0.05) is 60.7 Å². The first kappa shape index (κ1) is 25.9. The lowest BCUT2D eigenvalue weighted by molar-refractivity contribution is -0.192. The molecule has 0 aliphatic carbocycles. The highest BCUT2D eigenvalue weighted by atomic mass is 19.4. The molecule has 2 atom stereocenters. The van der Waals surface area contributed by atoms with Gasteiger partial charge in [0, 0.05) is 19.1 Å². The zero-order valence-electron chi connectivity index (χ0n) is 16.8. The number of amides is 1. The van der Waals surface area contributed by atoms with Crippen LogP contribution in [-0.4, -0.2) is 47.6 Å². The third kappa shape index (κ3) is 11.6. The second kappa shape index (κ2) is 13.2. The van der Waals surface area contributed by atoms with E-state index in [0.29, 0.717) is 13.1 Å². The van der Waals surface area contributed by atoms with Crippen molar-refractivity contribution in [1.82, 2.24) is 10.6 Å². The molecule has 0 aliphatic rings. The standard InChI is InChI=1S/C19H24N2O3.C2HF3O2/c1-15(20-13-18(22)17-10-6-3-7-11-17)12-21-19(23)24-14-16-8-4-2-5-9-16;3-2(4,5)1(6)7/h2-11,15,18,20,22H,12-14H2,1H3,(H,21,23);(H,6,7)/t15-,18+;/m0./s1. The van der Waals surface area contributed by atoms with Crippen molar-refractivity contribution in [2.24, 2.45) is 0 Å². The molecule has 0 radical (unpaired) electrons. The smallest absolute Gasteiger partial charge is 0.475 e. The summed E-state index contributed by atoms with van der Waals surface area (Å²) in [5.74, 6) is -2.76. The molecular weight excluding hydrogens is 417 g/mol. The number of carboxylic acids is 1. The van der Waals surface area contributed by atoms with Crippen LogP contribution in [0.15, 0.2) is 60.7 Å². The van der Waals surface area contributed by atoms with Crippen molar-refractivity contribution >= 4 is 12.1 Å². The number of carbonyl (C=O) groups is 2. The van der Waals surface area contributed by atoms with E-state index in [1.165, 1.54) is 0 Å². The number of carbonyl (C=O) groups excluding carboxylic acids is 1. The number of ether oxygens (including phenoxy) is 1. The van der Waals surface area contributed by atoms with Crippen LogP contribution in [0.1, 0.15) is 24.2 Å². The number of rotatable bonds is 8. The average Bonchev–Trinajstić information content (AvgIpc) is 2.75. The maximum Gasteiger partial charge on any atom is 0.490 e. The van der Waals surface area contributed by atoms with Gasteiger partial charge in [-0.05, 0) is 18.1 Å². The Bertz CT molecular complexity index is 789. The molecule has 170 valence electrons. The Kier molecular flexibility index (Phi) is 11.1. The van der Waals surface area contributed by atoms with E-state index in [1.54, 1.807) is 0 Å². The maximum atomic E-state index is 11.7. The highest BCUT2D eigenvalue weighted by Gasteiger charge is 2.38. The molecule has 10 heteroatoms. The minimum absolute atomic E-state index is 0.0210. The van der Waals surface area contributed by atoms with Crippen LogP contribution in [0.5, 0.6) is 0 Å². The molecule has 2 aromatic rings. The second-order valence-corrected chi connectivity index (χ2v) is 6.48. The lowest BCUT2D eigenvalue weighted by Crippen LogP contribution is -2.40. The minimum atomic E-state index is -5.08. The third-order valence-corrected chi connectivity index (χ3v) is 3.85. The SMILES string of the molecule is C[C@@H](CNC(=O)OCc1ccccc1)NC[C@@H](O)c1ccccc1.O=C(O)C(F)(F)F. The molecule has 0 unspecified atom stereocenters. The van der Waals surface area contributed by atoms with Crippen LogP contribution in [-0.2, 0) is 16.1 Å². The van der Waals surface area contributed by atoms with Gasteiger partial charge in [-0.15, -0.1) is 0 Å². The fourth-order valence-corrected chi connectivity index (χ4v) is 2.19. The summed E-state index contributed by atoms with van der Waals surface area (Å²) >= 11 is 0. The highest BCUT2D eigenvalue weighted by Crippen LogP contribution is 2.13. The first-order valence-electron chi connectivity index (χ1n) is 9.30. The first-order valence-corrected chi connectivity index (χ1v) is 9.30. The van der Waals surface area contributed by atoms with Gasteiger partial charge in [-0.2, -0.15) is 13.2 Å². The molecule has 0 aromatic heterocycles. The lowest BCUT2D eigenvalue weighted by atomic mass is 10.1. The number of alkyl halides is 3. The van der Waals surface area contributed by atoms with Crippen molar-refractivity contribution in [2.75, 3.05) is 13.1 Å². The summed E-state index contributed by atoms with van der Waals surface area (Å²) in [6, 6.07) is 19.0. The van der Waals surface area contributed by atoms with Gasteiger partial charge in [0.05, 0.1) is 6.10 Å². The quantitative estimate of drug-likeness (QED) is 0.500. The molecule has 0 saturated carbocycles. The molecule has 31 heavy (non-hydrogen) atoms. The number of aliphatic carboxylic acids is 1. The van der Waals surface area contributed by atoms with Gasteiger partial charge in [-0.25, -0.2) is 9.59 Å². The molecule has 2 rings (SSSR count). The fourth-order valence-electron chi connectivity index (χ4n) is 2.19. The van der Waals surface area contributed by atoms with Crippen molar-refractivity contribution in [3.05, 3.63) is 71.8 Å². The minimum Gasteiger partial charge on any atom is -0.475 e. The number of halogens is 3. The summed E-state index contributed by atoms with van der Waals surface area (Å²) in [6.45, 7) is 3.04. The topological polar surface area (TPSA) is 108 Å². The number of alkyl carbamates (subject to hydrolysis) is 1. The maximum absolute atomic E-state index is 11.7. The number of benzene rings is 2. The predicted octanol–water partition coefficient (Wildman–Crippen LogP) is 3.26. The molecule has 0 spiro atoms. The second-order valence-electron chi connectivity index (χ2n) is 6.48. The van der Waals surface area contributed by atoms with E-state index in [4.69, 9.17) is 14.6 Å². The number of carboxylic acid groups (broad SMARTS) is 1. The Morgan fingerprint density at radius 3 is 2.03 bits per heavy atom. The van der Waals surface area contributed by atoms with E-state index >= 15 is 0 Å². The van der Waals surface area contributed by atoms with Crippen LogP contribution >= 0.6 is 0 Å². The van der Waals surface area contributed by atoms with E-state index in [9.17, 15) is 23.1 Å². The summed E-state index contributed by atoms with van der Waals surface area (Å²) in [5.41, 5.74) is 1.82. The van der Waals surface area contributed by atoms with Crippen LogP contribution in [0.25, 0.3) is 0 Å². The van der Waals surface area contributed by atoms with Gasteiger partial charge in [0.25, 0.3) is 0 Å². The average molecular weight is 442 g/mol. The molecule has 0 saturated heterocycles. The summed E-state index contributed by atoms with van der Waals surface area (Å²) < 4.78 is 36.9. The number of aliphatic hydroxyl groups excluding tert-OH is 1. The lowest BCUT2D eigenvalue weighted by Gasteiger charge is -2.18. The van der Waals surface area contributed by atoms with Crippen molar-refractivity contribution < 1.29 is 37.7 Å². The fraction of sp³-hybridized carbons (Fsp3) is 0.333. The van der Waals surface area contributed by atoms with Gasteiger partial charge >= 0.3 is 18.2 Å². The monoisotopic (exact) mass is 442 g/mol. The number of aliphatic hydroxyl groups is 1. The summed E-state index contributed by atoms with van der Waals surface area (Å²) in [6.07, 6.45) is -6.10. The Hall–Kier alpha value is -3.11. The molecule has 4 N–H and O–H groups in total. The van der Waals surface area contributed by atoms with E-state index in [2.05, 4.69) is 10.6 Å². The zero-order valence-corrected chi connectivity index (χ0v) is 16.8. The first-order chi connectivity index (χ1) is 14.6. The molecule has 0 heterocycles. The number of hydrogen-bond acceptors (Lipinski definition) is 5. The normalized spacial score (nSPS) is 12.7. The molecule has 0 fully saturated rings. The molecule has 0 aliphatic heterocycles. The van der Waals surface area contributed by atoms with E-state index in [-0.39, 0.29) is 12.6 Å². The van der Waals surface area contributed by atoms with Gasteiger partial charge in [0.1, 0.15) is 6.61 Å². The highest BCUT2D eigenvalue weighted by molar-refractivity contribution is 5.73. The summed E-state index contributed by atoms with van der Waals surface area (Å²) in [5, 5.41) is 23.1. The number of hydrogen-bond donors (Lipinski definition) is 4. The molecular formula is C21H25F3N2O5. The van der Waals surface area contributed by atoms with E-state index in [1.807, 2.05) is 67.6 Å². The van der Waals surface area contributed by atoms with Crippen LogP contribution in [0.4, 0.5) is 18.0 Å². The Morgan fingerprint density at radius 2 is 1.52 bits per heavy atom. The van der Waals surface area contributed by atoms with Gasteiger partial charge in [0.2, 0.25) is 0 Å². The zero-order chi connectivity index (χ0) is 23.3. The van der Waals surface area contributed by atoms with Crippen molar-refractivity contribution in [3.63, 3.8) is 0 Å². The van der Waals surface area contributed by atoms with Crippen LogP contribution in [0, 0.1) is 0 Å². The van der Waals surface area contributed by atoms with Crippen molar-refractivity contribution in [1.29, 1.82) is 0 Å². The van der Waals surface area contributed by atoms with Crippen molar-refractivity contribution in [2.45, 2.75) is 31.9 Å². The molecule has 7 nitrogen and oxygen atoms in total. The third-order valence-electron chi connectivity index (χ3n) is 3.85. The van der Waals surface area contributed by atoms with Gasteiger partial charge < -0.3 is 25.6 Å². The van der Waals surface area contributed by atoms with Gasteiger partial charge in [0.15, 0.2) is 0 Å². The van der Waals surface area contributed by atoms with Crippen LogP contribution in [0.3, 0.4) is 0 Å². The Morgan fingerprint density at radius 1 is 1.00 bits per heavy atom. The largest absolute Gasteiger partial charge is 0.490 e. The predicted molar refractivity (Wildman–Crippen MR) is 107 cm³/mol. The Labute approximate surface area is 177 Å². The summed E-state index contributed by atoms with van der Waals surface area (Å²) in [4.78, 5) is 20.6.